The van der Waals surface area contributed by atoms with Crippen molar-refractivity contribution in [2.45, 2.75) is 0 Å². The molecule has 2 nitrogen and oxygen atoms in total. The molecule has 0 aromatic heterocycles. The van der Waals surface area contributed by atoms with Crippen LogP contribution in [0.15, 0.2) is 24.3 Å². The van der Waals surface area contributed by atoms with Crippen molar-refractivity contribution in [3.63, 3.8) is 0 Å². The summed E-state index contributed by atoms with van der Waals surface area (Å²) in [6.07, 6.45) is 5.05. The van der Waals surface area contributed by atoms with E-state index in [-0.39, 0.29) is 13.2 Å². The smallest absolute Gasteiger partial charge is 0.148 e. The molecule has 0 atom stereocenters. The second-order valence-corrected chi connectivity index (χ2v) is 2.48. The Balaban J connectivity index is 2.65. The van der Waals surface area contributed by atoms with E-state index in [2.05, 4.69) is 17.8 Å². The number of ether oxygens (including phenoxy) is 1. The molecule has 70 valence electrons. The fourth-order valence-corrected chi connectivity index (χ4v) is 0.901. The molecule has 0 unspecified atom stereocenters. The van der Waals surface area contributed by atoms with Gasteiger partial charge in [-0.15, -0.1) is 6.42 Å². The first-order chi connectivity index (χ1) is 6.86. The van der Waals surface area contributed by atoms with Gasteiger partial charge in [-0.05, 0) is 24.3 Å². The molecule has 0 fully saturated rings. The highest BCUT2D eigenvalue weighted by Crippen LogP contribution is 2.10. The number of hydrogen-bond donors (Lipinski definition) is 1. The van der Waals surface area contributed by atoms with Crippen molar-refractivity contribution in [1.29, 1.82) is 0 Å². The zero-order valence-corrected chi connectivity index (χ0v) is 7.66. The summed E-state index contributed by atoms with van der Waals surface area (Å²) < 4.78 is 5.18. The van der Waals surface area contributed by atoms with Gasteiger partial charge in [-0.2, -0.15) is 0 Å². The van der Waals surface area contributed by atoms with E-state index in [9.17, 15) is 0 Å². The number of aliphatic hydroxyl groups excluding tert-OH is 1. The first kappa shape index (κ1) is 10.2. The zero-order chi connectivity index (χ0) is 10.2. The number of terminal acetylenes is 1. The normalized spacial score (nSPS) is 8.29. The van der Waals surface area contributed by atoms with Crippen molar-refractivity contribution in [3.05, 3.63) is 29.8 Å². The summed E-state index contributed by atoms with van der Waals surface area (Å²) in [6, 6.07) is 7.21. The van der Waals surface area contributed by atoms with Crippen LogP contribution >= 0.6 is 0 Å². The number of rotatable bonds is 2. The standard InChI is InChI=1S/C12H10O2/c1-2-10-14-12-7-5-11(6-8-12)4-3-9-13/h1,5-8,13H,9-10H2. The molecule has 0 bridgehead atoms. The summed E-state index contributed by atoms with van der Waals surface area (Å²) in [4.78, 5) is 0. The Morgan fingerprint density at radius 3 is 2.57 bits per heavy atom. The maximum absolute atomic E-state index is 8.48. The summed E-state index contributed by atoms with van der Waals surface area (Å²) in [5.41, 5.74) is 0.840. The van der Waals surface area contributed by atoms with Crippen molar-refractivity contribution < 1.29 is 9.84 Å². The van der Waals surface area contributed by atoms with E-state index >= 15 is 0 Å². The van der Waals surface area contributed by atoms with Crippen molar-refractivity contribution in [2.75, 3.05) is 13.2 Å². The minimum atomic E-state index is -0.130. The molecule has 0 spiro atoms. The van der Waals surface area contributed by atoms with E-state index in [1.165, 1.54) is 0 Å². The Morgan fingerprint density at radius 1 is 1.29 bits per heavy atom. The molecule has 0 aliphatic carbocycles. The lowest BCUT2D eigenvalue weighted by Crippen LogP contribution is -1.92. The predicted molar refractivity (Wildman–Crippen MR) is 54.7 cm³/mol. The SMILES string of the molecule is C#CCOc1ccc(C#CCO)cc1. The highest BCUT2D eigenvalue weighted by molar-refractivity contribution is 5.38. The third-order valence-electron chi connectivity index (χ3n) is 1.49. The molecule has 0 aliphatic heterocycles. The lowest BCUT2D eigenvalue weighted by Gasteiger charge is -2.00. The highest BCUT2D eigenvalue weighted by atomic mass is 16.5. The molecule has 0 amide bonds. The van der Waals surface area contributed by atoms with Gasteiger partial charge in [-0.3, -0.25) is 0 Å². The Labute approximate surface area is 83.5 Å². The van der Waals surface area contributed by atoms with Crippen LogP contribution in [0, 0.1) is 24.2 Å². The Kier molecular flexibility index (Phi) is 4.14. The van der Waals surface area contributed by atoms with Crippen LogP contribution in [0.1, 0.15) is 5.56 Å². The highest BCUT2D eigenvalue weighted by Gasteiger charge is 1.91. The minimum absolute atomic E-state index is 0.130. The van der Waals surface area contributed by atoms with E-state index in [1.54, 1.807) is 12.1 Å². The Bertz CT molecular complexity index is 374. The van der Waals surface area contributed by atoms with Gasteiger partial charge >= 0.3 is 0 Å². The van der Waals surface area contributed by atoms with Crippen molar-refractivity contribution in [2.24, 2.45) is 0 Å². The van der Waals surface area contributed by atoms with E-state index in [0.29, 0.717) is 0 Å². The average molecular weight is 186 g/mol. The van der Waals surface area contributed by atoms with Crippen LogP contribution < -0.4 is 4.74 Å². The van der Waals surface area contributed by atoms with Crippen molar-refractivity contribution in [3.8, 4) is 29.9 Å². The van der Waals surface area contributed by atoms with Gasteiger partial charge < -0.3 is 9.84 Å². The van der Waals surface area contributed by atoms with Gasteiger partial charge in [0.15, 0.2) is 0 Å². The van der Waals surface area contributed by atoms with Gasteiger partial charge in [0.2, 0.25) is 0 Å². The molecule has 1 N–H and O–H groups in total. The van der Waals surface area contributed by atoms with Crippen LogP contribution in [-0.2, 0) is 0 Å². The lowest BCUT2D eigenvalue weighted by molar-refractivity contribution is 0.350. The molecule has 0 radical (unpaired) electrons. The first-order valence-corrected chi connectivity index (χ1v) is 4.13. The van der Waals surface area contributed by atoms with Gasteiger partial charge in [0, 0.05) is 5.56 Å². The molecular formula is C12H10O2. The van der Waals surface area contributed by atoms with Crippen molar-refractivity contribution >= 4 is 0 Å². The third kappa shape index (κ3) is 3.23. The third-order valence-corrected chi connectivity index (χ3v) is 1.49. The average Bonchev–Trinajstić information content (AvgIpc) is 2.25. The number of hydrogen-bond acceptors (Lipinski definition) is 2. The quantitative estimate of drug-likeness (QED) is 0.699. The molecule has 1 rings (SSSR count). The van der Waals surface area contributed by atoms with Crippen molar-refractivity contribution in [1.82, 2.24) is 0 Å². The van der Waals surface area contributed by atoms with E-state index in [4.69, 9.17) is 16.3 Å². The Morgan fingerprint density at radius 2 is 2.00 bits per heavy atom. The molecule has 0 heterocycles. The van der Waals surface area contributed by atoms with Gasteiger partial charge in [0.1, 0.15) is 19.0 Å². The summed E-state index contributed by atoms with van der Waals surface area (Å²) in [6.45, 7) is 0.136. The lowest BCUT2D eigenvalue weighted by atomic mass is 10.2. The van der Waals surface area contributed by atoms with E-state index < -0.39 is 0 Å². The molecule has 0 saturated heterocycles. The largest absolute Gasteiger partial charge is 0.481 e. The molecule has 1 aromatic carbocycles. The van der Waals surface area contributed by atoms with Crippen LogP contribution in [0.3, 0.4) is 0 Å². The van der Waals surface area contributed by atoms with Gasteiger partial charge in [-0.25, -0.2) is 0 Å². The molecule has 0 aliphatic rings. The minimum Gasteiger partial charge on any atom is -0.481 e. The van der Waals surface area contributed by atoms with Crippen LogP contribution in [0.5, 0.6) is 5.75 Å². The monoisotopic (exact) mass is 186 g/mol. The van der Waals surface area contributed by atoms with E-state index in [0.717, 1.165) is 11.3 Å². The fourth-order valence-electron chi connectivity index (χ4n) is 0.901. The summed E-state index contributed by atoms with van der Waals surface area (Å²) in [5, 5.41) is 8.48. The number of benzene rings is 1. The summed E-state index contributed by atoms with van der Waals surface area (Å²) in [5.74, 6) is 8.44. The van der Waals surface area contributed by atoms with E-state index in [1.807, 2.05) is 12.1 Å². The molecule has 1 aromatic rings. The molecule has 14 heavy (non-hydrogen) atoms. The predicted octanol–water partition coefficient (Wildman–Crippen LogP) is 1.04. The second-order valence-electron chi connectivity index (χ2n) is 2.48. The first-order valence-electron chi connectivity index (χ1n) is 4.13. The second kappa shape index (κ2) is 5.70. The van der Waals surface area contributed by atoms with Crippen LogP contribution in [0.4, 0.5) is 0 Å². The maximum atomic E-state index is 8.48. The zero-order valence-electron chi connectivity index (χ0n) is 7.66. The van der Waals surface area contributed by atoms with Crippen LogP contribution in [0.2, 0.25) is 0 Å². The molecular weight excluding hydrogens is 176 g/mol. The maximum Gasteiger partial charge on any atom is 0.148 e. The topological polar surface area (TPSA) is 29.5 Å². The van der Waals surface area contributed by atoms with Gasteiger partial charge in [0.25, 0.3) is 0 Å². The molecule has 0 saturated carbocycles. The van der Waals surface area contributed by atoms with Gasteiger partial charge in [0.05, 0.1) is 0 Å². The van der Waals surface area contributed by atoms with Crippen LogP contribution in [-0.4, -0.2) is 18.3 Å². The Hall–Kier alpha value is -1.90. The van der Waals surface area contributed by atoms with Crippen LogP contribution in [0.25, 0.3) is 0 Å². The fraction of sp³-hybridized carbons (Fsp3) is 0.167. The number of aliphatic hydroxyl groups is 1. The summed E-state index contributed by atoms with van der Waals surface area (Å²) in [7, 11) is 0. The molecule has 2 heteroatoms. The van der Waals surface area contributed by atoms with Gasteiger partial charge in [-0.1, -0.05) is 17.8 Å². The summed E-state index contributed by atoms with van der Waals surface area (Å²) >= 11 is 0.